The van der Waals surface area contributed by atoms with Gasteiger partial charge in [0.15, 0.2) is 0 Å². The minimum absolute atomic E-state index is 0.139. The minimum atomic E-state index is -0.343. The maximum atomic E-state index is 11.1. The van der Waals surface area contributed by atoms with Crippen molar-refractivity contribution in [1.82, 2.24) is 9.55 Å². The van der Waals surface area contributed by atoms with E-state index in [9.17, 15) is 10.1 Å². The van der Waals surface area contributed by atoms with Gasteiger partial charge in [0.25, 0.3) is 5.69 Å². The molecule has 0 unspecified atom stereocenters. The van der Waals surface area contributed by atoms with Crippen LogP contribution in [0.1, 0.15) is 18.3 Å². The highest BCUT2D eigenvalue weighted by molar-refractivity contribution is 5.57. The second kappa shape index (κ2) is 4.37. The molecule has 5 nitrogen and oxygen atoms in total. The minimum Gasteiger partial charge on any atom is -0.298 e. The van der Waals surface area contributed by atoms with Crippen molar-refractivity contribution in [2.24, 2.45) is 0 Å². The average molecular weight is 231 g/mol. The predicted octanol–water partition coefficient (Wildman–Crippen LogP) is 2.65. The van der Waals surface area contributed by atoms with E-state index < -0.39 is 0 Å². The molecule has 2 aromatic rings. The Balaban J connectivity index is 2.67. The molecular weight excluding hydrogens is 218 g/mol. The zero-order valence-corrected chi connectivity index (χ0v) is 9.75. The van der Waals surface area contributed by atoms with Crippen molar-refractivity contribution < 1.29 is 4.92 Å². The van der Waals surface area contributed by atoms with Gasteiger partial charge in [0.1, 0.15) is 11.5 Å². The molecule has 0 bridgehead atoms. The summed E-state index contributed by atoms with van der Waals surface area (Å²) in [6.45, 7) is 3.71. The molecule has 0 aliphatic carbocycles. The number of aryl methyl sites for hydroxylation is 2. The third kappa shape index (κ3) is 1.91. The normalized spacial score (nSPS) is 10.5. The Morgan fingerprint density at radius 2 is 2.24 bits per heavy atom. The van der Waals surface area contributed by atoms with Crippen molar-refractivity contribution in [3.63, 3.8) is 0 Å². The molecule has 0 fully saturated rings. The quantitative estimate of drug-likeness (QED) is 0.602. The van der Waals surface area contributed by atoms with Crippen LogP contribution in [-0.2, 0) is 6.42 Å². The van der Waals surface area contributed by atoms with Gasteiger partial charge in [0.05, 0.1) is 4.92 Å². The topological polar surface area (TPSA) is 61.0 Å². The fourth-order valence-corrected chi connectivity index (χ4v) is 1.89. The molecule has 88 valence electrons. The van der Waals surface area contributed by atoms with Crippen molar-refractivity contribution in [1.29, 1.82) is 0 Å². The third-order valence-corrected chi connectivity index (χ3v) is 2.69. The van der Waals surface area contributed by atoms with E-state index in [0.29, 0.717) is 11.3 Å². The second-order valence-corrected chi connectivity index (χ2v) is 3.77. The van der Waals surface area contributed by atoms with Crippen molar-refractivity contribution in [2.75, 3.05) is 0 Å². The van der Waals surface area contributed by atoms with Crippen LogP contribution in [0.2, 0.25) is 0 Å². The molecule has 0 radical (unpaired) electrons. The number of hydrogen-bond donors (Lipinski definition) is 0. The van der Waals surface area contributed by atoms with E-state index in [-0.39, 0.29) is 10.6 Å². The highest BCUT2D eigenvalue weighted by Gasteiger charge is 2.19. The molecule has 5 heteroatoms. The Morgan fingerprint density at radius 3 is 2.88 bits per heavy atom. The maximum Gasteiger partial charge on any atom is 0.296 e. The number of benzene rings is 1. The lowest BCUT2D eigenvalue weighted by Crippen LogP contribution is -2.04. The Labute approximate surface area is 98.9 Å². The number of nitro benzene ring substituents is 1. The second-order valence-electron chi connectivity index (χ2n) is 3.77. The van der Waals surface area contributed by atoms with E-state index in [1.807, 2.05) is 13.0 Å². The number of nitrogens with zero attached hydrogens (tertiary/aromatic N) is 3. The van der Waals surface area contributed by atoms with Crippen LogP contribution >= 0.6 is 0 Å². The number of hydrogen-bond acceptors (Lipinski definition) is 3. The summed E-state index contributed by atoms with van der Waals surface area (Å²) in [7, 11) is 0. The number of para-hydroxylation sites is 1. The number of imidazole rings is 1. The highest BCUT2D eigenvalue weighted by atomic mass is 16.6. The first-order valence-electron chi connectivity index (χ1n) is 5.41. The van der Waals surface area contributed by atoms with E-state index in [1.165, 1.54) is 0 Å². The fraction of sp³-hybridized carbons (Fsp3) is 0.250. The van der Waals surface area contributed by atoms with Gasteiger partial charge in [-0.3, -0.25) is 14.7 Å². The molecule has 0 amide bonds. The Kier molecular flexibility index (Phi) is 2.91. The summed E-state index contributed by atoms with van der Waals surface area (Å²) in [4.78, 5) is 14.9. The monoisotopic (exact) mass is 231 g/mol. The molecule has 1 aromatic carbocycles. The molecule has 1 heterocycles. The molecule has 0 N–H and O–H groups in total. The van der Waals surface area contributed by atoms with Crippen LogP contribution in [0, 0.1) is 17.0 Å². The van der Waals surface area contributed by atoms with Gasteiger partial charge in [-0.15, -0.1) is 0 Å². The van der Waals surface area contributed by atoms with Crippen LogP contribution in [0.3, 0.4) is 0 Å². The molecule has 0 saturated carbocycles. The largest absolute Gasteiger partial charge is 0.298 e. The summed E-state index contributed by atoms with van der Waals surface area (Å²) < 4.78 is 1.77. The number of nitro groups is 1. The summed E-state index contributed by atoms with van der Waals surface area (Å²) in [5, 5.41) is 11.1. The molecule has 0 atom stereocenters. The first-order chi connectivity index (χ1) is 8.15. The number of rotatable bonds is 3. The Bertz CT molecular complexity index is 561. The SMILES string of the molecule is CCc1nccn1-c1cccc(C)c1[N+](=O)[O-]. The Hall–Kier alpha value is -2.17. The lowest BCUT2D eigenvalue weighted by atomic mass is 10.1. The van der Waals surface area contributed by atoms with Crippen molar-refractivity contribution >= 4 is 5.69 Å². The zero-order valence-electron chi connectivity index (χ0n) is 9.75. The van der Waals surface area contributed by atoms with Crippen molar-refractivity contribution in [3.05, 3.63) is 52.1 Å². The molecule has 0 aliphatic heterocycles. The van der Waals surface area contributed by atoms with Gasteiger partial charge in [-0.1, -0.05) is 19.1 Å². The first-order valence-corrected chi connectivity index (χ1v) is 5.41. The van der Waals surface area contributed by atoms with Crippen molar-refractivity contribution in [3.8, 4) is 5.69 Å². The fourth-order valence-electron chi connectivity index (χ4n) is 1.89. The lowest BCUT2D eigenvalue weighted by Gasteiger charge is -2.08. The van der Waals surface area contributed by atoms with Crippen LogP contribution in [0.4, 0.5) is 5.69 Å². The molecule has 1 aromatic heterocycles. The molecule has 2 rings (SSSR count). The van der Waals surface area contributed by atoms with Crippen LogP contribution in [0.5, 0.6) is 0 Å². The summed E-state index contributed by atoms with van der Waals surface area (Å²) >= 11 is 0. The van der Waals surface area contributed by atoms with Gasteiger partial charge >= 0.3 is 0 Å². The van der Waals surface area contributed by atoms with E-state index in [4.69, 9.17) is 0 Å². The van der Waals surface area contributed by atoms with Crippen LogP contribution in [-0.4, -0.2) is 14.5 Å². The summed E-state index contributed by atoms with van der Waals surface area (Å²) in [5.41, 5.74) is 1.37. The van der Waals surface area contributed by atoms with E-state index in [1.54, 1.807) is 36.0 Å². The number of aromatic nitrogens is 2. The molecule has 0 spiro atoms. The van der Waals surface area contributed by atoms with Gasteiger partial charge in [-0.25, -0.2) is 4.98 Å². The molecule has 17 heavy (non-hydrogen) atoms. The van der Waals surface area contributed by atoms with Crippen LogP contribution < -0.4 is 0 Å². The van der Waals surface area contributed by atoms with Crippen LogP contribution in [0.25, 0.3) is 5.69 Å². The van der Waals surface area contributed by atoms with E-state index in [0.717, 1.165) is 12.2 Å². The molecular formula is C12H13N3O2. The molecule has 0 aliphatic rings. The van der Waals surface area contributed by atoms with Gasteiger partial charge in [0.2, 0.25) is 0 Å². The maximum absolute atomic E-state index is 11.1. The highest BCUT2D eigenvalue weighted by Crippen LogP contribution is 2.27. The van der Waals surface area contributed by atoms with E-state index in [2.05, 4.69) is 4.98 Å². The van der Waals surface area contributed by atoms with E-state index >= 15 is 0 Å². The zero-order chi connectivity index (χ0) is 12.4. The summed E-state index contributed by atoms with van der Waals surface area (Å²) in [6.07, 6.45) is 4.14. The lowest BCUT2D eigenvalue weighted by molar-refractivity contribution is -0.385. The first kappa shape index (κ1) is 11.3. The van der Waals surface area contributed by atoms with Crippen molar-refractivity contribution in [2.45, 2.75) is 20.3 Å². The third-order valence-electron chi connectivity index (χ3n) is 2.69. The smallest absolute Gasteiger partial charge is 0.296 e. The van der Waals surface area contributed by atoms with Gasteiger partial charge < -0.3 is 0 Å². The Morgan fingerprint density at radius 1 is 1.47 bits per heavy atom. The molecule has 0 saturated heterocycles. The summed E-state index contributed by atoms with van der Waals surface area (Å²) in [5.74, 6) is 0.818. The van der Waals surface area contributed by atoms with Crippen LogP contribution in [0.15, 0.2) is 30.6 Å². The summed E-state index contributed by atoms with van der Waals surface area (Å²) in [6, 6.07) is 5.30. The van der Waals surface area contributed by atoms with Gasteiger partial charge in [-0.2, -0.15) is 0 Å². The van der Waals surface area contributed by atoms with Gasteiger partial charge in [-0.05, 0) is 13.0 Å². The van der Waals surface area contributed by atoms with Gasteiger partial charge in [0, 0.05) is 24.4 Å². The standard InChI is InChI=1S/C12H13N3O2/c1-3-11-13-7-8-14(11)10-6-4-5-9(2)12(10)15(16)17/h4-8H,3H2,1-2H3. The average Bonchev–Trinajstić information content (AvgIpc) is 2.75. The predicted molar refractivity (Wildman–Crippen MR) is 64.3 cm³/mol.